The summed E-state index contributed by atoms with van der Waals surface area (Å²) in [5.74, 6) is -0.179. The predicted molar refractivity (Wildman–Crippen MR) is 95.9 cm³/mol. The van der Waals surface area contributed by atoms with Crippen molar-refractivity contribution in [3.05, 3.63) is 65.5 Å². The lowest BCUT2D eigenvalue weighted by atomic mass is 9.97. The molecule has 1 amide bonds. The maximum absolute atomic E-state index is 12.9. The molecule has 25 heavy (non-hydrogen) atoms. The van der Waals surface area contributed by atoms with Crippen LogP contribution in [0.4, 0.5) is 10.1 Å². The first-order valence-electron chi connectivity index (χ1n) is 8.63. The number of aliphatic hydroxyl groups is 1. The van der Waals surface area contributed by atoms with Gasteiger partial charge in [0.1, 0.15) is 5.82 Å². The van der Waals surface area contributed by atoms with E-state index in [1.54, 1.807) is 0 Å². The third-order valence-electron chi connectivity index (χ3n) is 4.66. The highest BCUT2D eigenvalue weighted by atomic mass is 19.1. The van der Waals surface area contributed by atoms with Gasteiger partial charge >= 0.3 is 0 Å². The maximum atomic E-state index is 12.9. The van der Waals surface area contributed by atoms with Crippen molar-refractivity contribution in [2.75, 3.05) is 25.0 Å². The summed E-state index contributed by atoms with van der Waals surface area (Å²) in [5, 5.41) is 12.1. The van der Waals surface area contributed by atoms with E-state index in [0.29, 0.717) is 11.5 Å². The third kappa shape index (κ3) is 4.87. The topological polar surface area (TPSA) is 52.6 Å². The van der Waals surface area contributed by atoms with E-state index in [1.165, 1.54) is 24.3 Å². The van der Waals surface area contributed by atoms with Gasteiger partial charge < -0.3 is 10.4 Å². The Balaban J connectivity index is 1.59. The van der Waals surface area contributed by atoms with Crippen molar-refractivity contribution in [1.82, 2.24) is 4.90 Å². The number of carbonyl (C=O) groups excluding carboxylic acids is 1. The molecule has 3 rings (SSSR count). The van der Waals surface area contributed by atoms with Crippen LogP contribution in [0.25, 0.3) is 0 Å². The van der Waals surface area contributed by atoms with Gasteiger partial charge in [-0.3, -0.25) is 9.69 Å². The van der Waals surface area contributed by atoms with Gasteiger partial charge in [0.2, 0.25) is 0 Å². The lowest BCUT2D eigenvalue weighted by molar-refractivity contribution is 0.102. The summed E-state index contributed by atoms with van der Waals surface area (Å²) in [4.78, 5) is 14.6. The van der Waals surface area contributed by atoms with Crippen LogP contribution in [0.3, 0.4) is 0 Å². The van der Waals surface area contributed by atoms with Crippen molar-refractivity contribution >= 4 is 11.6 Å². The van der Waals surface area contributed by atoms with Crippen LogP contribution in [0, 0.1) is 11.7 Å². The number of likely N-dealkylation sites (tertiary alicyclic amines) is 1. The molecule has 0 spiro atoms. The van der Waals surface area contributed by atoms with Crippen molar-refractivity contribution in [2.45, 2.75) is 19.4 Å². The number of hydrogen-bond donors (Lipinski definition) is 2. The molecule has 2 N–H and O–H groups in total. The van der Waals surface area contributed by atoms with Gasteiger partial charge in [-0.1, -0.05) is 12.1 Å². The molecule has 4 nitrogen and oxygen atoms in total. The molecule has 0 unspecified atom stereocenters. The van der Waals surface area contributed by atoms with Gasteiger partial charge in [0.15, 0.2) is 0 Å². The Labute approximate surface area is 147 Å². The minimum absolute atomic E-state index is 0.249. The van der Waals surface area contributed by atoms with Crippen LogP contribution < -0.4 is 5.32 Å². The normalized spacial score (nSPS) is 15.9. The number of carbonyl (C=O) groups is 1. The summed E-state index contributed by atoms with van der Waals surface area (Å²) in [7, 11) is 0. The van der Waals surface area contributed by atoms with Gasteiger partial charge in [0.05, 0.1) is 0 Å². The molecule has 2 aromatic carbocycles. The third-order valence-corrected chi connectivity index (χ3v) is 4.66. The Morgan fingerprint density at radius 2 is 1.88 bits per heavy atom. The number of hydrogen-bond acceptors (Lipinski definition) is 3. The molecule has 0 atom stereocenters. The number of piperidine rings is 1. The van der Waals surface area contributed by atoms with E-state index in [1.807, 2.05) is 24.3 Å². The van der Waals surface area contributed by atoms with Gasteiger partial charge in [-0.25, -0.2) is 4.39 Å². The van der Waals surface area contributed by atoms with Crippen LogP contribution in [0.2, 0.25) is 0 Å². The van der Waals surface area contributed by atoms with Crippen molar-refractivity contribution in [2.24, 2.45) is 5.92 Å². The molecule has 1 heterocycles. The zero-order chi connectivity index (χ0) is 17.6. The second-order valence-electron chi connectivity index (χ2n) is 6.56. The Morgan fingerprint density at radius 1 is 1.16 bits per heavy atom. The fourth-order valence-electron chi connectivity index (χ4n) is 3.14. The highest BCUT2D eigenvalue weighted by Gasteiger charge is 2.18. The molecule has 0 radical (unpaired) electrons. The number of benzene rings is 2. The molecule has 5 heteroatoms. The number of nitrogens with zero attached hydrogens (tertiary/aromatic N) is 1. The quantitative estimate of drug-likeness (QED) is 0.877. The molecule has 1 fully saturated rings. The average molecular weight is 342 g/mol. The zero-order valence-electron chi connectivity index (χ0n) is 14.1. The van der Waals surface area contributed by atoms with E-state index >= 15 is 0 Å². The predicted octanol–water partition coefficient (Wildman–Crippen LogP) is 3.28. The van der Waals surface area contributed by atoms with E-state index in [2.05, 4.69) is 10.2 Å². The van der Waals surface area contributed by atoms with E-state index in [9.17, 15) is 14.3 Å². The molecular formula is C20H23FN2O2. The number of amides is 1. The minimum Gasteiger partial charge on any atom is -0.396 e. The number of anilines is 1. The molecule has 0 aromatic heterocycles. The van der Waals surface area contributed by atoms with Crippen molar-refractivity contribution in [3.8, 4) is 0 Å². The summed E-state index contributed by atoms with van der Waals surface area (Å²) in [6.07, 6.45) is 2.05. The first-order valence-corrected chi connectivity index (χ1v) is 8.63. The monoisotopic (exact) mass is 342 g/mol. The Bertz CT molecular complexity index is 710. The fourth-order valence-corrected chi connectivity index (χ4v) is 3.14. The van der Waals surface area contributed by atoms with Crippen LogP contribution in [0.5, 0.6) is 0 Å². The average Bonchev–Trinajstić information content (AvgIpc) is 2.63. The summed E-state index contributed by atoms with van der Waals surface area (Å²) < 4.78 is 12.9. The molecule has 0 aliphatic carbocycles. The second-order valence-corrected chi connectivity index (χ2v) is 6.56. The summed E-state index contributed by atoms with van der Waals surface area (Å²) >= 11 is 0. The standard InChI is InChI=1S/C20H23FN2O2/c21-18-6-4-17(5-7-18)20(25)22-19-3-1-2-16(12-19)13-23-10-8-15(14-24)9-11-23/h1-7,12,15,24H,8-11,13-14H2,(H,22,25). The lowest BCUT2D eigenvalue weighted by Crippen LogP contribution is -2.34. The fraction of sp³-hybridized carbons (Fsp3) is 0.350. The second kappa shape index (κ2) is 8.23. The van der Waals surface area contributed by atoms with Crippen molar-refractivity contribution in [1.29, 1.82) is 0 Å². The van der Waals surface area contributed by atoms with Gasteiger partial charge in [0.25, 0.3) is 5.91 Å². The van der Waals surface area contributed by atoms with Crippen LogP contribution in [-0.4, -0.2) is 35.6 Å². The molecule has 2 aromatic rings. The van der Waals surface area contributed by atoms with Crippen molar-refractivity contribution < 1.29 is 14.3 Å². The van der Waals surface area contributed by atoms with Crippen LogP contribution >= 0.6 is 0 Å². The summed E-state index contributed by atoms with van der Waals surface area (Å²) in [5.41, 5.74) is 2.30. The van der Waals surface area contributed by atoms with E-state index in [0.717, 1.165) is 43.7 Å². The Morgan fingerprint density at radius 3 is 2.56 bits per heavy atom. The summed E-state index contributed by atoms with van der Waals surface area (Å²) in [6, 6.07) is 13.3. The molecular weight excluding hydrogens is 319 g/mol. The first-order chi connectivity index (χ1) is 12.1. The lowest BCUT2D eigenvalue weighted by Gasteiger charge is -2.31. The largest absolute Gasteiger partial charge is 0.396 e. The minimum atomic E-state index is -0.358. The molecule has 1 aliphatic heterocycles. The van der Waals surface area contributed by atoms with E-state index in [-0.39, 0.29) is 18.3 Å². The van der Waals surface area contributed by atoms with E-state index in [4.69, 9.17) is 0 Å². The maximum Gasteiger partial charge on any atom is 0.255 e. The highest BCUT2D eigenvalue weighted by Crippen LogP contribution is 2.20. The smallest absolute Gasteiger partial charge is 0.255 e. The van der Waals surface area contributed by atoms with Gasteiger partial charge in [-0.2, -0.15) is 0 Å². The molecule has 1 aliphatic rings. The molecule has 1 saturated heterocycles. The zero-order valence-corrected chi connectivity index (χ0v) is 14.1. The van der Waals surface area contributed by atoms with Gasteiger partial charge in [-0.05, 0) is 73.8 Å². The highest BCUT2D eigenvalue weighted by molar-refractivity contribution is 6.04. The number of nitrogens with one attached hydrogen (secondary N) is 1. The van der Waals surface area contributed by atoms with Gasteiger partial charge in [0, 0.05) is 24.4 Å². The van der Waals surface area contributed by atoms with Gasteiger partial charge in [-0.15, -0.1) is 0 Å². The summed E-state index contributed by atoms with van der Waals surface area (Å²) in [6.45, 7) is 3.08. The Kier molecular flexibility index (Phi) is 5.79. The van der Waals surface area contributed by atoms with Crippen LogP contribution in [-0.2, 0) is 6.54 Å². The number of rotatable bonds is 5. The van der Waals surface area contributed by atoms with E-state index < -0.39 is 0 Å². The molecule has 0 bridgehead atoms. The molecule has 132 valence electrons. The van der Waals surface area contributed by atoms with Crippen LogP contribution in [0.15, 0.2) is 48.5 Å². The van der Waals surface area contributed by atoms with Crippen molar-refractivity contribution in [3.63, 3.8) is 0 Å². The first kappa shape index (κ1) is 17.6. The number of aliphatic hydroxyl groups excluding tert-OH is 1. The molecule has 0 saturated carbocycles. The van der Waals surface area contributed by atoms with Crippen LogP contribution in [0.1, 0.15) is 28.8 Å². The number of halogens is 1. The SMILES string of the molecule is O=C(Nc1cccc(CN2CCC(CO)CC2)c1)c1ccc(F)cc1. The Hall–Kier alpha value is -2.24.